The van der Waals surface area contributed by atoms with Gasteiger partial charge in [-0.25, -0.2) is 4.98 Å². The first-order valence-electron chi connectivity index (χ1n) is 21.8. The highest BCUT2D eigenvalue weighted by Crippen LogP contribution is 2.56. The van der Waals surface area contributed by atoms with Crippen molar-refractivity contribution >= 4 is 32.8 Å². The Labute approximate surface area is 367 Å². The predicted molar refractivity (Wildman–Crippen MR) is 261 cm³/mol. The van der Waals surface area contributed by atoms with Crippen molar-refractivity contribution in [2.75, 3.05) is 0 Å². The lowest BCUT2D eigenvalue weighted by Crippen LogP contribution is -2.29. The molecule has 0 bridgehead atoms. The number of nitrogens with zero attached hydrogens (tertiary/aromatic N) is 3. The van der Waals surface area contributed by atoms with Gasteiger partial charge in [0.05, 0.1) is 33.3 Å². The van der Waals surface area contributed by atoms with Crippen molar-refractivity contribution < 1.29 is 0 Å². The number of nitrogens with one attached hydrogen (secondary N) is 1. The van der Waals surface area contributed by atoms with Gasteiger partial charge in [0.15, 0.2) is 0 Å². The summed E-state index contributed by atoms with van der Waals surface area (Å²) in [5.74, 6) is 0.902. The maximum Gasteiger partial charge on any atom is 0.147 e. The molecule has 1 N–H and O–H groups in total. The molecule has 0 atom stereocenters. The Balaban J connectivity index is 1.13. The van der Waals surface area contributed by atoms with Crippen molar-refractivity contribution in [3.63, 3.8) is 0 Å². The minimum atomic E-state index is -0.677. The van der Waals surface area contributed by atoms with E-state index in [1.807, 2.05) is 6.20 Å². The van der Waals surface area contributed by atoms with Crippen LogP contribution in [0.1, 0.15) is 48.7 Å². The highest BCUT2D eigenvalue weighted by Gasteiger charge is 2.47. The van der Waals surface area contributed by atoms with Crippen LogP contribution in [0.4, 0.5) is 0 Å². The molecule has 4 nitrogen and oxygen atoms in total. The SMILES string of the molecule is CC(C)(C)c1ccccc1-n1c(-c2cccc3c2[nH]c2ccccc23)nc2c(-c3cccc(C4(c5cc(-c6ccccc6)ccn5)c5ccccc5-c5ccccc54)c3)cccc21. The van der Waals surface area contributed by atoms with Gasteiger partial charge < -0.3 is 4.98 Å². The molecule has 0 radical (unpaired) electrons. The topological polar surface area (TPSA) is 46.5 Å². The Bertz CT molecular complexity index is 3520. The van der Waals surface area contributed by atoms with Gasteiger partial charge in [-0.1, -0.05) is 178 Å². The molecule has 3 heterocycles. The van der Waals surface area contributed by atoms with Gasteiger partial charge >= 0.3 is 0 Å². The lowest BCUT2D eigenvalue weighted by atomic mass is 9.69. The van der Waals surface area contributed by atoms with Crippen molar-refractivity contribution in [3.8, 4) is 50.5 Å². The molecule has 12 rings (SSSR count). The molecule has 4 heteroatoms. The lowest BCUT2D eigenvalue weighted by Gasteiger charge is -2.33. The van der Waals surface area contributed by atoms with E-state index >= 15 is 0 Å². The van der Waals surface area contributed by atoms with Gasteiger partial charge in [-0.3, -0.25) is 9.55 Å². The van der Waals surface area contributed by atoms with Gasteiger partial charge in [-0.2, -0.15) is 0 Å². The summed E-state index contributed by atoms with van der Waals surface area (Å²) in [7, 11) is 0. The molecule has 0 spiro atoms. The van der Waals surface area contributed by atoms with Crippen molar-refractivity contribution in [2.24, 2.45) is 0 Å². The fourth-order valence-electron chi connectivity index (χ4n) is 10.5. The van der Waals surface area contributed by atoms with Crippen LogP contribution < -0.4 is 0 Å². The summed E-state index contributed by atoms with van der Waals surface area (Å²) >= 11 is 0. The first-order chi connectivity index (χ1) is 30.9. The van der Waals surface area contributed by atoms with E-state index in [4.69, 9.17) is 9.97 Å². The third-order valence-electron chi connectivity index (χ3n) is 13.2. The van der Waals surface area contributed by atoms with E-state index in [1.165, 1.54) is 44.2 Å². The molecule has 1 aliphatic carbocycles. The van der Waals surface area contributed by atoms with E-state index in [-0.39, 0.29) is 5.41 Å². The molecule has 1 aliphatic rings. The van der Waals surface area contributed by atoms with E-state index in [0.29, 0.717) is 0 Å². The van der Waals surface area contributed by atoms with Crippen LogP contribution in [0.25, 0.3) is 83.3 Å². The third-order valence-corrected chi connectivity index (χ3v) is 13.2. The number of hydrogen-bond acceptors (Lipinski definition) is 2. The van der Waals surface area contributed by atoms with E-state index in [9.17, 15) is 0 Å². The Hall–Kier alpha value is -7.82. The average Bonchev–Trinajstić information content (AvgIpc) is 4.01. The van der Waals surface area contributed by atoms with Crippen molar-refractivity contribution in [2.45, 2.75) is 31.6 Å². The summed E-state index contributed by atoms with van der Waals surface area (Å²) in [5, 5.41) is 2.39. The highest BCUT2D eigenvalue weighted by atomic mass is 15.1. The van der Waals surface area contributed by atoms with Crippen LogP contribution in [-0.4, -0.2) is 19.5 Å². The summed E-state index contributed by atoms with van der Waals surface area (Å²) in [6, 6.07) is 72.6. The van der Waals surface area contributed by atoms with E-state index in [0.717, 1.165) is 67.1 Å². The van der Waals surface area contributed by atoms with Crippen LogP contribution in [0.15, 0.2) is 206 Å². The number of rotatable bonds is 6. The molecule has 0 unspecified atom stereocenters. The number of para-hydroxylation sites is 4. The lowest BCUT2D eigenvalue weighted by molar-refractivity contribution is 0.587. The van der Waals surface area contributed by atoms with Crippen molar-refractivity contribution in [1.82, 2.24) is 19.5 Å². The second-order valence-corrected chi connectivity index (χ2v) is 17.8. The molecule has 8 aromatic carbocycles. The summed E-state index contributed by atoms with van der Waals surface area (Å²) < 4.78 is 2.40. The van der Waals surface area contributed by atoms with Gasteiger partial charge in [-0.15, -0.1) is 0 Å². The summed E-state index contributed by atoms with van der Waals surface area (Å²) in [4.78, 5) is 14.8. The molecule has 0 saturated heterocycles. The Morgan fingerprint density at radius 2 is 1.14 bits per heavy atom. The number of fused-ring (bicyclic) bond motifs is 7. The molecule has 3 aromatic heterocycles. The summed E-state index contributed by atoms with van der Waals surface area (Å²) in [6.07, 6.45) is 1.98. The monoisotopic (exact) mass is 808 g/mol. The van der Waals surface area contributed by atoms with Gasteiger partial charge in [-0.05, 0) is 98.0 Å². The number of aromatic nitrogens is 4. The van der Waals surface area contributed by atoms with Crippen LogP contribution >= 0.6 is 0 Å². The van der Waals surface area contributed by atoms with Gasteiger partial charge in [0, 0.05) is 33.6 Å². The molecule has 63 heavy (non-hydrogen) atoms. The first-order valence-corrected chi connectivity index (χ1v) is 21.8. The maximum absolute atomic E-state index is 5.73. The summed E-state index contributed by atoms with van der Waals surface area (Å²) in [5.41, 5.74) is 18.4. The zero-order valence-electron chi connectivity index (χ0n) is 35.5. The van der Waals surface area contributed by atoms with Crippen LogP contribution in [-0.2, 0) is 10.8 Å². The average molecular weight is 809 g/mol. The van der Waals surface area contributed by atoms with E-state index < -0.39 is 5.41 Å². The predicted octanol–water partition coefficient (Wildman–Crippen LogP) is 14.7. The van der Waals surface area contributed by atoms with Crippen LogP contribution in [0.5, 0.6) is 0 Å². The normalized spacial score (nSPS) is 13.1. The number of aromatic amines is 1. The molecule has 11 aromatic rings. The molecular formula is C59H44N4. The van der Waals surface area contributed by atoms with Crippen LogP contribution in [0.3, 0.4) is 0 Å². The molecule has 300 valence electrons. The van der Waals surface area contributed by atoms with E-state index in [2.05, 4.69) is 231 Å². The second-order valence-electron chi connectivity index (χ2n) is 17.8. The number of hydrogen-bond donors (Lipinski definition) is 1. The fraction of sp³-hybridized carbons (Fsp3) is 0.0847. The standard InChI is InChI=1S/C59H44N4/c1-58(2,3)50-30-12-14-32-52(50)63-53-33-17-25-42(56(53)62-57(63)47-27-16-26-46-45-24-9-13-31-51(45)61-55(46)47)40-20-15-21-41(36-40)59(54-37-39(34-35-60-54)38-18-5-4-6-19-38)48-28-10-7-22-43(48)44-23-8-11-29-49(44)59/h4-37,61H,1-3H3. The number of imidazole rings is 1. The Kier molecular flexibility index (Phi) is 8.29. The molecule has 0 saturated carbocycles. The Morgan fingerprint density at radius 3 is 1.95 bits per heavy atom. The molecular weight excluding hydrogens is 765 g/mol. The van der Waals surface area contributed by atoms with E-state index in [1.54, 1.807) is 0 Å². The zero-order valence-corrected chi connectivity index (χ0v) is 35.5. The van der Waals surface area contributed by atoms with Gasteiger partial charge in [0.25, 0.3) is 0 Å². The fourth-order valence-corrected chi connectivity index (χ4v) is 10.5. The molecule has 0 amide bonds. The second kappa shape index (κ2) is 14.1. The quantitative estimate of drug-likeness (QED) is 0.182. The van der Waals surface area contributed by atoms with Crippen LogP contribution in [0.2, 0.25) is 0 Å². The summed E-state index contributed by atoms with van der Waals surface area (Å²) in [6.45, 7) is 6.87. The molecule has 0 aliphatic heterocycles. The smallest absolute Gasteiger partial charge is 0.147 e. The van der Waals surface area contributed by atoms with Gasteiger partial charge in [0.1, 0.15) is 5.82 Å². The molecule has 0 fully saturated rings. The minimum absolute atomic E-state index is 0.114. The van der Waals surface area contributed by atoms with Crippen molar-refractivity contribution in [3.05, 3.63) is 234 Å². The highest BCUT2D eigenvalue weighted by molar-refractivity contribution is 6.12. The number of H-pyrrole nitrogens is 1. The third kappa shape index (κ3) is 5.61. The first kappa shape index (κ1) is 37.0. The van der Waals surface area contributed by atoms with Crippen LogP contribution in [0, 0.1) is 0 Å². The minimum Gasteiger partial charge on any atom is -0.354 e. The van der Waals surface area contributed by atoms with Crippen molar-refractivity contribution in [1.29, 1.82) is 0 Å². The maximum atomic E-state index is 5.73. The largest absolute Gasteiger partial charge is 0.354 e. The number of benzene rings is 8. The number of pyridine rings is 1. The van der Waals surface area contributed by atoms with Gasteiger partial charge in [0.2, 0.25) is 0 Å². The Morgan fingerprint density at radius 1 is 0.508 bits per heavy atom. The zero-order chi connectivity index (χ0) is 42.3.